The van der Waals surface area contributed by atoms with E-state index in [1.165, 1.54) is 11.1 Å². The van der Waals surface area contributed by atoms with Crippen molar-refractivity contribution in [3.05, 3.63) is 58.4 Å². The minimum Gasteiger partial charge on any atom is -0.378 e. The summed E-state index contributed by atoms with van der Waals surface area (Å²) < 4.78 is 5.30. The number of likely N-dealkylation sites (tertiary alicyclic amines) is 1. The monoisotopic (exact) mass is 392 g/mol. The maximum atomic E-state index is 12.9. The molecule has 1 aromatic carbocycles. The van der Waals surface area contributed by atoms with Crippen LogP contribution in [0.5, 0.6) is 0 Å². The van der Waals surface area contributed by atoms with Gasteiger partial charge >= 0.3 is 0 Å². The van der Waals surface area contributed by atoms with Gasteiger partial charge in [0, 0.05) is 37.8 Å². The first-order valence-electron chi connectivity index (χ1n) is 10.1. The van der Waals surface area contributed by atoms with Crippen LogP contribution in [0.2, 0.25) is 0 Å². The molecule has 1 aliphatic heterocycles. The normalized spacial score (nSPS) is 14.3. The summed E-state index contributed by atoms with van der Waals surface area (Å²) >= 11 is 0. The number of rotatable bonds is 6. The van der Waals surface area contributed by atoms with E-state index in [9.17, 15) is 4.79 Å². The molecule has 3 heterocycles. The first-order valence-corrected chi connectivity index (χ1v) is 10.1. The van der Waals surface area contributed by atoms with Gasteiger partial charge in [-0.3, -0.25) is 4.79 Å². The molecule has 1 fully saturated rings. The molecule has 0 bridgehead atoms. The Morgan fingerprint density at radius 3 is 2.69 bits per heavy atom. The van der Waals surface area contributed by atoms with Crippen molar-refractivity contribution >= 4 is 22.6 Å². The molecule has 2 aromatic heterocycles. The third-order valence-corrected chi connectivity index (χ3v) is 5.93. The topological polar surface area (TPSA) is 70.2 Å². The Morgan fingerprint density at radius 2 is 2.00 bits per heavy atom. The molecule has 6 heteroatoms. The summed E-state index contributed by atoms with van der Waals surface area (Å²) in [6, 6.07) is 10.3. The van der Waals surface area contributed by atoms with Gasteiger partial charge in [0.1, 0.15) is 5.69 Å². The lowest BCUT2D eigenvalue weighted by atomic mass is 10.1. The molecular formula is C23H28N4O2. The van der Waals surface area contributed by atoms with Crippen molar-refractivity contribution in [2.45, 2.75) is 39.8 Å². The standard InChI is InChI=1S/C23H28N4O2/c1-5-16-8-6-7-9-17(16)11-24-22-21-19(14(2)15(3)25-21)10-20(26-22)23(28)27-12-18(13-27)29-4/h6-10,18,25H,5,11-13H2,1-4H3,(H,24,26). The first-order chi connectivity index (χ1) is 14.0. The van der Waals surface area contributed by atoms with E-state index >= 15 is 0 Å². The molecule has 1 aliphatic rings. The molecular weight excluding hydrogens is 364 g/mol. The Bertz CT molecular complexity index is 1050. The van der Waals surface area contributed by atoms with Crippen molar-refractivity contribution in [3.63, 3.8) is 0 Å². The van der Waals surface area contributed by atoms with Gasteiger partial charge < -0.3 is 19.9 Å². The van der Waals surface area contributed by atoms with E-state index in [4.69, 9.17) is 9.72 Å². The second kappa shape index (κ2) is 7.87. The van der Waals surface area contributed by atoms with Gasteiger partial charge in [0.05, 0.1) is 11.6 Å². The summed E-state index contributed by atoms with van der Waals surface area (Å²) in [6.45, 7) is 8.18. The van der Waals surface area contributed by atoms with Crippen molar-refractivity contribution in [2.75, 3.05) is 25.5 Å². The van der Waals surface area contributed by atoms with Gasteiger partial charge in [-0.15, -0.1) is 0 Å². The third kappa shape index (κ3) is 3.60. The van der Waals surface area contributed by atoms with Crippen LogP contribution in [0.4, 0.5) is 5.82 Å². The smallest absolute Gasteiger partial charge is 0.272 e. The number of nitrogens with one attached hydrogen (secondary N) is 2. The molecule has 0 aliphatic carbocycles. The number of amides is 1. The van der Waals surface area contributed by atoms with E-state index in [-0.39, 0.29) is 12.0 Å². The Hall–Kier alpha value is -2.86. The van der Waals surface area contributed by atoms with Crippen molar-refractivity contribution in [1.82, 2.24) is 14.9 Å². The van der Waals surface area contributed by atoms with Gasteiger partial charge in [-0.05, 0) is 43.0 Å². The quantitative estimate of drug-likeness (QED) is 0.669. The number of carbonyl (C=O) groups is 1. The molecule has 29 heavy (non-hydrogen) atoms. The number of hydrogen-bond donors (Lipinski definition) is 2. The van der Waals surface area contributed by atoms with E-state index in [1.54, 1.807) is 12.0 Å². The van der Waals surface area contributed by atoms with E-state index in [2.05, 4.69) is 48.4 Å². The predicted molar refractivity (Wildman–Crippen MR) is 115 cm³/mol. The van der Waals surface area contributed by atoms with Crippen LogP contribution < -0.4 is 5.32 Å². The lowest BCUT2D eigenvalue weighted by molar-refractivity contribution is -0.0194. The molecule has 2 N–H and O–H groups in total. The van der Waals surface area contributed by atoms with Crippen molar-refractivity contribution in [2.24, 2.45) is 0 Å². The lowest BCUT2D eigenvalue weighted by Gasteiger charge is -2.37. The van der Waals surface area contributed by atoms with Crippen LogP contribution in [-0.2, 0) is 17.7 Å². The van der Waals surface area contributed by atoms with Crippen LogP contribution in [0.1, 0.15) is 39.8 Å². The minimum absolute atomic E-state index is 0.0459. The van der Waals surface area contributed by atoms with Crippen LogP contribution in [-0.4, -0.2) is 47.1 Å². The Morgan fingerprint density at radius 1 is 1.28 bits per heavy atom. The predicted octanol–water partition coefficient (Wildman–Crippen LogP) is 3.83. The third-order valence-electron chi connectivity index (χ3n) is 5.93. The summed E-state index contributed by atoms with van der Waals surface area (Å²) in [7, 11) is 1.68. The zero-order chi connectivity index (χ0) is 20.5. The number of benzene rings is 1. The van der Waals surface area contributed by atoms with Gasteiger partial charge in [0.2, 0.25) is 0 Å². The van der Waals surface area contributed by atoms with E-state index < -0.39 is 0 Å². The summed E-state index contributed by atoms with van der Waals surface area (Å²) in [5, 5.41) is 4.51. The van der Waals surface area contributed by atoms with Gasteiger partial charge in [0.25, 0.3) is 5.91 Å². The number of methoxy groups -OCH3 is 1. The number of aromatic nitrogens is 2. The molecule has 0 unspecified atom stereocenters. The number of H-pyrrole nitrogens is 1. The molecule has 6 nitrogen and oxygen atoms in total. The van der Waals surface area contributed by atoms with Crippen LogP contribution in [0.3, 0.4) is 0 Å². The molecule has 152 valence electrons. The second-order valence-electron chi connectivity index (χ2n) is 7.70. The van der Waals surface area contributed by atoms with Gasteiger partial charge in [-0.25, -0.2) is 4.98 Å². The summed E-state index contributed by atoms with van der Waals surface area (Å²) in [4.78, 5) is 22.9. The summed E-state index contributed by atoms with van der Waals surface area (Å²) in [5.41, 5.74) is 6.21. The van der Waals surface area contributed by atoms with Crippen molar-refractivity contribution in [1.29, 1.82) is 0 Å². The van der Waals surface area contributed by atoms with Crippen molar-refractivity contribution < 1.29 is 9.53 Å². The fourth-order valence-corrected chi connectivity index (χ4v) is 3.86. The first kappa shape index (κ1) is 19.5. The number of nitrogens with zero attached hydrogens (tertiary/aromatic N) is 2. The number of aryl methyl sites for hydroxylation is 3. The average Bonchev–Trinajstić information content (AvgIpc) is 2.99. The van der Waals surface area contributed by atoms with Crippen LogP contribution in [0.15, 0.2) is 30.3 Å². The molecule has 1 saturated heterocycles. The molecule has 0 radical (unpaired) electrons. The SMILES string of the molecule is CCc1ccccc1CNc1nc(C(=O)N2CC(OC)C2)cc2c(C)c(C)[nH]c12. The zero-order valence-corrected chi connectivity index (χ0v) is 17.5. The fourth-order valence-electron chi connectivity index (χ4n) is 3.86. The Kier molecular flexibility index (Phi) is 5.28. The molecule has 0 spiro atoms. The van der Waals surface area contributed by atoms with Gasteiger partial charge in [0.15, 0.2) is 5.82 Å². The largest absolute Gasteiger partial charge is 0.378 e. The molecule has 0 saturated carbocycles. The highest BCUT2D eigenvalue weighted by Crippen LogP contribution is 2.29. The number of carbonyl (C=O) groups excluding carboxylic acids is 1. The highest BCUT2D eigenvalue weighted by Gasteiger charge is 2.32. The number of fused-ring (bicyclic) bond motifs is 1. The van der Waals surface area contributed by atoms with Gasteiger partial charge in [-0.2, -0.15) is 0 Å². The molecule has 3 aromatic rings. The molecule has 0 atom stereocenters. The summed E-state index contributed by atoms with van der Waals surface area (Å²) in [6.07, 6.45) is 1.11. The van der Waals surface area contributed by atoms with Gasteiger partial charge in [-0.1, -0.05) is 31.2 Å². The van der Waals surface area contributed by atoms with E-state index in [1.807, 2.05) is 13.0 Å². The minimum atomic E-state index is -0.0459. The average molecular weight is 393 g/mol. The van der Waals surface area contributed by atoms with Crippen LogP contribution >= 0.6 is 0 Å². The number of aromatic amines is 1. The highest BCUT2D eigenvalue weighted by molar-refractivity contribution is 6.01. The van der Waals surface area contributed by atoms with Crippen molar-refractivity contribution in [3.8, 4) is 0 Å². The number of pyridine rings is 1. The molecule has 1 amide bonds. The summed E-state index contributed by atoms with van der Waals surface area (Å²) in [5.74, 6) is 0.673. The highest BCUT2D eigenvalue weighted by atomic mass is 16.5. The number of hydrogen-bond acceptors (Lipinski definition) is 4. The molecule has 4 rings (SSSR count). The van der Waals surface area contributed by atoms with Crippen LogP contribution in [0.25, 0.3) is 10.9 Å². The zero-order valence-electron chi connectivity index (χ0n) is 17.5. The number of ether oxygens (including phenoxy) is 1. The fraction of sp³-hybridized carbons (Fsp3) is 0.391. The Labute approximate surface area is 171 Å². The Balaban J connectivity index is 1.66. The maximum Gasteiger partial charge on any atom is 0.272 e. The van der Waals surface area contributed by atoms with E-state index in [0.717, 1.165) is 34.4 Å². The van der Waals surface area contributed by atoms with Crippen LogP contribution in [0, 0.1) is 13.8 Å². The second-order valence-corrected chi connectivity index (χ2v) is 7.70. The number of anilines is 1. The lowest BCUT2D eigenvalue weighted by Crippen LogP contribution is -2.54. The maximum absolute atomic E-state index is 12.9. The van der Waals surface area contributed by atoms with E-state index in [0.29, 0.717) is 25.3 Å².